The Hall–Kier alpha value is -2.12. The Morgan fingerprint density at radius 3 is 2.43 bits per heavy atom. The van der Waals surface area contributed by atoms with E-state index < -0.39 is 18.3 Å². The number of methoxy groups -OCH3 is 1. The molecule has 0 radical (unpaired) electrons. The van der Waals surface area contributed by atoms with E-state index in [9.17, 15) is 13.6 Å². The zero-order valence-corrected chi connectivity index (χ0v) is 12.5. The molecule has 8 heteroatoms. The number of aromatic nitrogens is 1. The van der Waals surface area contributed by atoms with Crippen molar-refractivity contribution in [2.45, 2.75) is 39.9 Å². The number of halogens is 2. The van der Waals surface area contributed by atoms with Crippen LogP contribution in [0.2, 0.25) is 0 Å². The van der Waals surface area contributed by atoms with Gasteiger partial charge in [0, 0.05) is 6.07 Å². The van der Waals surface area contributed by atoms with Crippen LogP contribution in [-0.4, -0.2) is 30.4 Å². The lowest BCUT2D eigenvalue weighted by Gasteiger charge is -2.20. The molecule has 21 heavy (non-hydrogen) atoms. The third-order valence-electron chi connectivity index (χ3n) is 2.19. The molecule has 0 bridgehead atoms. The summed E-state index contributed by atoms with van der Waals surface area (Å²) in [6, 6.07) is 1.22. The second kappa shape index (κ2) is 6.55. The number of carbonyl (C=O) groups excluding carboxylic acids is 1. The third kappa shape index (κ3) is 5.41. The smallest absolute Gasteiger partial charge is 0.413 e. The second-order valence-corrected chi connectivity index (χ2v) is 5.13. The van der Waals surface area contributed by atoms with E-state index in [-0.39, 0.29) is 23.0 Å². The van der Waals surface area contributed by atoms with Crippen LogP contribution in [0, 0.1) is 6.92 Å². The molecule has 1 aromatic heterocycles. The molecule has 1 amide bonds. The van der Waals surface area contributed by atoms with E-state index in [1.165, 1.54) is 20.1 Å². The van der Waals surface area contributed by atoms with E-state index in [4.69, 9.17) is 9.47 Å². The molecule has 0 aliphatic heterocycles. The Bertz CT molecular complexity index is 516. The number of carbonyl (C=O) groups is 1. The minimum absolute atomic E-state index is 0.0610. The number of ether oxygens (including phenoxy) is 3. The van der Waals surface area contributed by atoms with E-state index in [1.807, 2.05) is 0 Å². The highest BCUT2D eigenvalue weighted by Gasteiger charge is 2.20. The monoisotopic (exact) mass is 304 g/mol. The van der Waals surface area contributed by atoms with Crippen molar-refractivity contribution in [3.8, 4) is 11.5 Å². The van der Waals surface area contributed by atoms with E-state index >= 15 is 0 Å². The fourth-order valence-corrected chi connectivity index (χ4v) is 1.43. The number of nitrogens with zero attached hydrogens (tertiary/aromatic N) is 1. The van der Waals surface area contributed by atoms with Crippen LogP contribution in [0.4, 0.5) is 19.4 Å². The van der Waals surface area contributed by atoms with Gasteiger partial charge in [-0.05, 0) is 27.7 Å². The standard InChI is InChI=1S/C13H18F2N2O4/c1-7-8(20-11(14)15)6-9(19-5)10(16-7)17-12(18)21-13(2,3)4/h6,11H,1-5H3,(H,16,17,18). The van der Waals surface area contributed by atoms with Gasteiger partial charge in [-0.15, -0.1) is 0 Å². The first-order chi connectivity index (χ1) is 9.62. The largest absolute Gasteiger partial charge is 0.493 e. The highest BCUT2D eigenvalue weighted by atomic mass is 19.3. The van der Waals surface area contributed by atoms with Crippen LogP contribution >= 0.6 is 0 Å². The van der Waals surface area contributed by atoms with Crippen LogP contribution in [0.1, 0.15) is 26.5 Å². The first kappa shape index (κ1) is 16.9. The zero-order valence-electron chi connectivity index (χ0n) is 12.5. The summed E-state index contributed by atoms with van der Waals surface area (Å²) in [6.45, 7) is 3.63. The van der Waals surface area contributed by atoms with Gasteiger partial charge < -0.3 is 14.2 Å². The van der Waals surface area contributed by atoms with Crippen molar-refractivity contribution in [1.82, 2.24) is 4.98 Å². The molecule has 0 fully saturated rings. The normalized spacial score (nSPS) is 11.2. The number of amides is 1. The fraction of sp³-hybridized carbons (Fsp3) is 0.538. The molecule has 0 unspecified atom stereocenters. The number of hydrogen-bond donors (Lipinski definition) is 1. The van der Waals surface area contributed by atoms with E-state index in [0.29, 0.717) is 0 Å². The van der Waals surface area contributed by atoms with Crippen molar-refractivity contribution in [3.05, 3.63) is 11.8 Å². The molecule has 118 valence electrons. The summed E-state index contributed by atoms with van der Waals surface area (Å²) >= 11 is 0. The lowest BCUT2D eigenvalue weighted by Crippen LogP contribution is -2.27. The minimum atomic E-state index is -2.97. The van der Waals surface area contributed by atoms with Crippen molar-refractivity contribution < 1.29 is 27.8 Å². The predicted octanol–water partition coefficient (Wildman–Crippen LogP) is 3.35. The number of anilines is 1. The van der Waals surface area contributed by atoms with Crippen molar-refractivity contribution in [2.24, 2.45) is 0 Å². The molecule has 0 aromatic carbocycles. The van der Waals surface area contributed by atoms with Gasteiger partial charge in [0.1, 0.15) is 5.60 Å². The van der Waals surface area contributed by atoms with Gasteiger partial charge in [-0.2, -0.15) is 8.78 Å². The van der Waals surface area contributed by atoms with Gasteiger partial charge in [0.05, 0.1) is 12.8 Å². The molecule has 0 aliphatic rings. The summed E-state index contributed by atoms with van der Waals surface area (Å²) in [7, 11) is 1.32. The summed E-state index contributed by atoms with van der Waals surface area (Å²) in [5.41, 5.74) is -0.493. The van der Waals surface area contributed by atoms with Gasteiger partial charge in [-0.25, -0.2) is 9.78 Å². The Morgan fingerprint density at radius 2 is 1.95 bits per heavy atom. The first-order valence-corrected chi connectivity index (χ1v) is 6.13. The number of alkyl halides is 2. The van der Waals surface area contributed by atoms with E-state index in [0.717, 1.165) is 0 Å². The SMILES string of the molecule is COc1cc(OC(F)F)c(C)nc1NC(=O)OC(C)(C)C. The Labute approximate surface area is 121 Å². The van der Waals surface area contributed by atoms with Gasteiger partial charge in [0.25, 0.3) is 0 Å². The highest BCUT2D eigenvalue weighted by molar-refractivity contribution is 5.85. The summed E-state index contributed by atoms with van der Waals surface area (Å²) in [5.74, 6) is 0.0181. The Balaban J connectivity index is 2.97. The van der Waals surface area contributed by atoms with Gasteiger partial charge in [-0.1, -0.05) is 0 Å². The van der Waals surface area contributed by atoms with Gasteiger partial charge in [-0.3, -0.25) is 5.32 Å². The molecule has 1 rings (SSSR count). The summed E-state index contributed by atoms with van der Waals surface area (Å²) in [6.07, 6.45) is -0.727. The summed E-state index contributed by atoms with van der Waals surface area (Å²) in [4.78, 5) is 15.7. The molecule has 0 aliphatic carbocycles. The molecule has 0 atom stereocenters. The molecular formula is C13H18F2N2O4. The molecule has 1 aromatic rings. The topological polar surface area (TPSA) is 69.7 Å². The second-order valence-electron chi connectivity index (χ2n) is 5.13. The molecule has 0 saturated carbocycles. The summed E-state index contributed by atoms with van der Waals surface area (Å²) in [5, 5.41) is 2.40. The maximum atomic E-state index is 12.3. The fourth-order valence-electron chi connectivity index (χ4n) is 1.43. The molecule has 0 saturated heterocycles. The zero-order chi connectivity index (χ0) is 16.2. The van der Waals surface area contributed by atoms with Crippen LogP contribution in [0.5, 0.6) is 11.5 Å². The van der Waals surface area contributed by atoms with Crippen LogP contribution in [0.15, 0.2) is 6.07 Å². The van der Waals surface area contributed by atoms with Crippen molar-refractivity contribution in [3.63, 3.8) is 0 Å². The summed E-state index contributed by atoms with van der Waals surface area (Å²) < 4.78 is 38.9. The Morgan fingerprint density at radius 1 is 1.33 bits per heavy atom. The maximum Gasteiger partial charge on any atom is 0.413 e. The predicted molar refractivity (Wildman–Crippen MR) is 72.0 cm³/mol. The number of pyridine rings is 1. The molecule has 1 N–H and O–H groups in total. The first-order valence-electron chi connectivity index (χ1n) is 6.13. The number of rotatable bonds is 4. The van der Waals surface area contributed by atoms with E-state index in [1.54, 1.807) is 20.8 Å². The van der Waals surface area contributed by atoms with Crippen LogP contribution < -0.4 is 14.8 Å². The molecular weight excluding hydrogens is 286 g/mol. The van der Waals surface area contributed by atoms with Crippen molar-refractivity contribution in [1.29, 1.82) is 0 Å². The van der Waals surface area contributed by atoms with Crippen LogP contribution in [0.3, 0.4) is 0 Å². The minimum Gasteiger partial charge on any atom is -0.493 e. The lowest BCUT2D eigenvalue weighted by atomic mass is 10.2. The van der Waals surface area contributed by atoms with Crippen molar-refractivity contribution >= 4 is 11.9 Å². The third-order valence-corrected chi connectivity index (χ3v) is 2.19. The van der Waals surface area contributed by atoms with Crippen LogP contribution in [0.25, 0.3) is 0 Å². The molecule has 0 spiro atoms. The molecule has 6 nitrogen and oxygen atoms in total. The molecule has 1 heterocycles. The number of hydrogen-bond acceptors (Lipinski definition) is 5. The van der Waals surface area contributed by atoms with Crippen LogP contribution in [-0.2, 0) is 4.74 Å². The van der Waals surface area contributed by atoms with Gasteiger partial charge >= 0.3 is 12.7 Å². The number of nitrogens with one attached hydrogen (secondary N) is 1. The van der Waals surface area contributed by atoms with Gasteiger partial charge in [0.15, 0.2) is 17.3 Å². The van der Waals surface area contributed by atoms with Gasteiger partial charge in [0.2, 0.25) is 0 Å². The average molecular weight is 304 g/mol. The Kier molecular flexibility index (Phi) is 5.28. The lowest BCUT2D eigenvalue weighted by molar-refractivity contribution is -0.0506. The highest BCUT2D eigenvalue weighted by Crippen LogP contribution is 2.30. The maximum absolute atomic E-state index is 12.3. The quantitative estimate of drug-likeness (QED) is 0.923. The number of aryl methyl sites for hydroxylation is 1. The average Bonchev–Trinajstić information content (AvgIpc) is 2.29. The van der Waals surface area contributed by atoms with Crippen molar-refractivity contribution in [2.75, 3.05) is 12.4 Å². The van der Waals surface area contributed by atoms with E-state index in [2.05, 4.69) is 15.0 Å².